The fourth-order valence-corrected chi connectivity index (χ4v) is 2.81. The summed E-state index contributed by atoms with van der Waals surface area (Å²) in [4.78, 5) is 24.8. The van der Waals surface area contributed by atoms with E-state index in [1.54, 1.807) is 0 Å². The van der Waals surface area contributed by atoms with Crippen molar-refractivity contribution in [2.24, 2.45) is 5.73 Å². The minimum Gasteiger partial charge on any atom is -0.474 e. The molecule has 9 heteroatoms. The topological polar surface area (TPSA) is 84.7 Å². The summed E-state index contributed by atoms with van der Waals surface area (Å²) in [6.07, 6.45) is 0.0169. The fourth-order valence-electron chi connectivity index (χ4n) is 2.81. The third-order valence-electron chi connectivity index (χ3n) is 3.84. The molecule has 1 saturated heterocycles. The van der Waals surface area contributed by atoms with Gasteiger partial charge in [0, 0.05) is 32.1 Å². The first-order valence-corrected chi connectivity index (χ1v) is 6.33. The zero-order valence-electron chi connectivity index (χ0n) is 11.6. The number of carbonyl (C=O) groups is 2. The van der Waals surface area contributed by atoms with E-state index in [1.165, 1.54) is 7.05 Å². The summed E-state index contributed by atoms with van der Waals surface area (Å²) >= 11 is 0. The maximum absolute atomic E-state index is 13.8. The van der Waals surface area contributed by atoms with E-state index in [2.05, 4.69) is 5.32 Å². The van der Waals surface area contributed by atoms with Crippen LogP contribution in [0, 0.1) is 11.6 Å². The van der Waals surface area contributed by atoms with E-state index in [0.29, 0.717) is 6.07 Å². The number of rotatable bonds is 1. The zero-order chi connectivity index (χ0) is 15.4. The standard InChI is InChI=1S/C13H13F2N3O3.ClH/c1-18-10-7(15)2-6(14)3-9(10)21-13(12(18)20)4-8(11(16)19)17-5-13;/h2-3,8,17H,4-5H2,1H3,(H2,16,19);1H/t8-,13+;/m0./s1. The summed E-state index contributed by atoms with van der Waals surface area (Å²) in [6.45, 7) is 0.0430. The summed E-state index contributed by atoms with van der Waals surface area (Å²) in [5, 5.41) is 2.79. The number of anilines is 1. The lowest BCUT2D eigenvalue weighted by atomic mass is 9.95. The number of amides is 2. The smallest absolute Gasteiger partial charge is 0.272 e. The van der Waals surface area contributed by atoms with Crippen molar-refractivity contribution in [3.05, 3.63) is 23.8 Å². The summed E-state index contributed by atoms with van der Waals surface area (Å²) in [5.74, 6) is -2.87. The van der Waals surface area contributed by atoms with E-state index in [9.17, 15) is 18.4 Å². The molecule has 2 aliphatic heterocycles. The molecule has 0 radical (unpaired) electrons. The number of ether oxygens (including phenoxy) is 1. The highest BCUT2D eigenvalue weighted by atomic mass is 35.5. The average Bonchev–Trinajstić information content (AvgIpc) is 2.80. The third-order valence-corrected chi connectivity index (χ3v) is 3.84. The van der Waals surface area contributed by atoms with E-state index in [-0.39, 0.29) is 36.8 Å². The van der Waals surface area contributed by atoms with Gasteiger partial charge in [-0.3, -0.25) is 9.59 Å². The molecule has 3 rings (SSSR count). The lowest BCUT2D eigenvalue weighted by Crippen LogP contribution is -2.56. The van der Waals surface area contributed by atoms with Crippen LogP contribution in [0.5, 0.6) is 5.75 Å². The summed E-state index contributed by atoms with van der Waals surface area (Å²) in [6, 6.07) is 0.978. The second-order valence-electron chi connectivity index (χ2n) is 5.23. The van der Waals surface area contributed by atoms with Gasteiger partial charge in [-0.25, -0.2) is 8.78 Å². The maximum atomic E-state index is 13.8. The van der Waals surface area contributed by atoms with Gasteiger partial charge in [0.1, 0.15) is 11.5 Å². The lowest BCUT2D eigenvalue weighted by Gasteiger charge is -2.38. The Morgan fingerprint density at radius 1 is 1.50 bits per heavy atom. The van der Waals surface area contributed by atoms with Gasteiger partial charge >= 0.3 is 0 Å². The monoisotopic (exact) mass is 333 g/mol. The Bertz CT molecular complexity index is 658. The predicted octanol–water partition coefficient (Wildman–Crippen LogP) is 0.328. The van der Waals surface area contributed by atoms with Crippen molar-refractivity contribution < 1.29 is 23.1 Å². The quantitative estimate of drug-likeness (QED) is 0.775. The van der Waals surface area contributed by atoms with Crippen LogP contribution in [0.3, 0.4) is 0 Å². The molecule has 3 N–H and O–H groups in total. The SMILES string of the molecule is CN1C(=O)[C@@]2(CN[C@H](C(N)=O)C2)Oc2cc(F)cc(F)c21.Cl. The lowest BCUT2D eigenvalue weighted by molar-refractivity contribution is -0.134. The molecule has 1 fully saturated rings. The van der Waals surface area contributed by atoms with E-state index in [1.807, 2.05) is 0 Å². The molecule has 1 spiro atoms. The van der Waals surface area contributed by atoms with Gasteiger partial charge in [-0.2, -0.15) is 0 Å². The molecule has 0 bridgehead atoms. The normalized spacial score (nSPS) is 26.4. The van der Waals surface area contributed by atoms with Gasteiger partial charge in [0.05, 0.1) is 6.04 Å². The fraction of sp³-hybridized carbons (Fsp3) is 0.385. The Morgan fingerprint density at radius 2 is 2.18 bits per heavy atom. The molecule has 120 valence electrons. The largest absolute Gasteiger partial charge is 0.474 e. The van der Waals surface area contributed by atoms with Crippen molar-refractivity contribution in [1.29, 1.82) is 0 Å². The molecule has 1 aromatic rings. The number of halogens is 3. The molecule has 2 heterocycles. The van der Waals surface area contributed by atoms with E-state index >= 15 is 0 Å². The number of nitrogens with zero attached hydrogens (tertiary/aromatic N) is 1. The van der Waals surface area contributed by atoms with Crippen LogP contribution >= 0.6 is 12.4 Å². The highest BCUT2D eigenvalue weighted by Gasteiger charge is 2.54. The molecule has 6 nitrogen and oxygen atoms in total. The van der Waals surface area contributed by atoms with Crippen molar-refractivity contribution in [2.45, 2.75) is 18.1 Å². The van der Waals surface area contributed by atoms with Crippen LogP contribution < -0.4 is 20.7 Å². The molecule has 22 heavy (non-hydrogen) atoms. The zero-order valence-corrected chi connectivity index (χ0v) is 12.4. The van der Waals surface area contributed by atoms with Crippen LogP contribution in [0.15, 0.2) is 12.1 Å². The van der Waals surface area contributed by atoms with Crippen molar-refractivity contribution >= 4 is 29.9 Å². The number of carbonyl (C=O) groups excluding carboxylic acids is 2. The molecule has 0 aliphatic carbocycles. The molecule has 2 atom stereocenters. The van der Waals surface area contributed by atoms with Crippen LogP contribution in [0.2, 0.25) is 0 Å². The van der Waals surface area contributed by atoms with Gasteiger partial charge in [-0.15, -0.1) is 12.4 Å². The Morgan fingerprint density at radius 3 is 2.77 bits per heavy atom. The molecule has 0 aromatic heterocycles. The van der Waals surface area contributed by atoms with E-state index < -0.39 is 35.1 Å². The number of likely N-dealkylation sites (N-methyl/N-ethyl adjacent to an activating group) is 1. The molecular formula is C13H14ClF2N3O3. The first-order chi connectivity index (χ1) is 9.84. The van der Waals surface area contributed by atoms with Crippen LogP contribution in [0.25, 0.3) is 0 Å². The second kappa shape index (κ2) is 5.36. The summed E-state index contributed by atoms with van der Waals surface area (Å²) in [7, 11) is 1.38. The number of fused-ring (bicyclic) bond motifs is 1. The Hall–Kier alpha value is -1.93. The van der Waals surface area contributed by atoms with E-state index in [0.717, 1.165) is 11.0 Å². The number of nitrogens with one attached hydrogen (secondary N) is 1. The predicted molar refractivity (Wildman–Crippen MR) is 76.0 cm³/mol. The molecule has 2 aliphatic rings. The van der Waals surface area contributed by atoms with Crippen LogP contribution in [-0.4, -0.2) is 37.0 Å². The first-order valence-electron chi connectivity index (χ1n) is 6.33. The molecule has 0 saturated carbocycles. The van der Waals surface area contributed by atoms with Crippen molar-refractivity contribution in [3.63, 3.8) is 0 Å². The van der Waals surface area contributed by atoms with Crippen molar-refractivity contribution in [3.8, 4) is 5.75 Å². The molecular weight excluding hydrogens is 320 g/mol. The average molecular weight is 334 g/mol. The number of hydrogen-bond donors (Lipinski definition) is 2. The summed E-state index contributed by atoms with van der Waals surface area (Å²) < 4.78 is 32.7. The second-order valence-corrected chi connectivity index (χ2v) is 5.23. The van der Waals surface area contributed by atoms with Gasteiger partial charge in [0.2, 0.25) is 11.5 Å². The Kier molecular flexibility index (Phi) is 4.01. The van der Waals surface area contributed by atoms with Gasteiger partial charge in [-0.1, -0.05) is 0 Å². The van der Waals surface area contributed by atoms with Crippen LogP contribution in [-0.2, 0) is 9.59 Å². The van der Waals surface area contributed by atoms with Crippen molar-refractivity contribution in [1.82, 2.24) is 5.32 Å². The van der Waals surface area contributed by atoms with Gasteiger partial charge in [-0.05, 0) is 0 Å². The maximum Gasteiger partial charge on any atom is 0.272 e. The molecule has 0 unspecified atom stereocenters. The highest BCUT2D eigenvalue weighted by Crippen LogP contribution is 2.42. The van der Waals surface area contributed by atoms with Gasteiger partial charge in [0.25, 0.3) is 5.91 Å². The van der Waals surface area contributed by atoms with Crippen LogP contribution in [0.1, 0.15) is 6.42 Å². The number of hydrogen-bond acceptors (Lipinski definition) is 4. The minimum absolute atomic E-state index is 0. The molecule has 1 aromatic carbocycles. The van der Waals surface area contributed by atoms with E-state index in [4.69, 9.17) is 10.5 Å². The highest BCUT2D eigenvalue weighted by molar-refractivity contribution is 6.03. The first kappa shape index (κ1) is 16.4. The third kappa shape index (κ3) is 2.28. The number of benzene rings is 1. The van der Waals surface area contributed by atoms with Gasteiger partial charge in [0.15, 0.2) is 11.6 Å². The Labute approximate surface area is 131 Å². The van der Waals surface area contributed by atoms with Crippen molar-refractivity contribution in [2.75, 3.05) is 18.5 Å². The van der Waals surface area contributed by atoms with Crippen LogP contribution in [0.4, 0.5) is 14.5 Å². The minimum atomic E-state index is -1.37. The Balaban J connectivity index is 0.00000176. The molecule has 2 amide bonds. The number of primary amides is 1. The summed E-state index contributed by atoms with van der Waals surface area (Å²) in [5.41, 5.74) is 3.72. The number of nitrogens with two attached hydrogens (primary N) is 1. The van der Waals surface area contributed by atoms with Gasteiger partial charge < -0.3 is 20.7 Å².